The van der Waals surface area contributed by atoms with Crippen LogP contribution in [0.3, 0.4) is 0 Å². The summed E-state index contributed by atoms with van der Waals surface area (Å²) in [5.74, 6) is 8.62. The van der Waals surface area contributed by atoms with Crippen molar-refractivity contribution in [3.63, 3.8) is 0 Å². The van der Waals surface area contributed by atoms with E-state index in [1.54, 1.807) is 136 Å². The molecule has 0 amide bonds. The number of halogens is 7. The van der Waals surface area contributed by atoms with Gasteiger partial charge in [-0.3, -0.25) is 4.98 Å². The lowest BCUT2D eigenvalue weighted by molar-refractivity contribution is -0.154. The van der Waals surface area contributed by atoms with Gasteiger partial charge >= 0.3 is 24.4 Å². The Morgan fingerprint density at radius 2 is 0.740 bits per heavy atom. The molecule has 8 aromatic carbocycles. The zero-order valence-electron chi connectivity index (χ0n) is 72.6. The molecule has 676 valence electrons. The average molecular weight is 1820 g/mol. The Kier molecular flexibility index (Phi) is 30.4. The summed E-state index contributed by atoms with van der Waals surface area (Å²) < 4.78 is 153. The van der Waals surface area contributed by atoms with E-state index in [1.165, 1.54) is 47.3 Å². The zero-order chi connectivity index (χ0) is 92.9. The average Bonchev–Trinajstić information content (AvgIpc) is 1.69. The highest BCUT2D eigenvalue weighted by Crippen LogP contribution is 2.42. The summed E-state index contributed by atoms with van der Waals surface area (Å²) >= 11 is 6.14. The fourth-order valence-electron chi connectivity index (χ4n) is 12.5. The Morgan fingerprint density at radius 3 is 1.15 bits per heavy atom. The maximum Gasteiger partial charge on any atom is 0.451 e. The summed E-state index contributed by atoms with van der Waals surface area (Å²) in [5, 5.41) is 9.87. The van der Waals surface area contributed by atoms with Crippen molar-refractivity contribution < 1.29 is 97.4 Å². The second kappa shape index (κ2) is 42.8. The summed E-state index contributed by atoms with van der Waals surface area (Å²) in [6.07, 6.45) is 2.52. The molecule has 19 rings (SSSR count). The van der Waals surface area contributed by atoms with E-state index in [0.29, 0.717) is 97.3 Å². The van der Waals surface area contributed by atoms with Gasteiger partial charge in [-0.25, -0.2) is 29.6 Å². The first-order chi connectivity index (χ1) is 63.4. The molecule has 0 N–H and O–H groups in total. The van der Waals surface area contributed by atoms with E-state index in [2.05, 4.69) is 84.6 Å². The maximum absolute atomic E-state index is 12.6. The van der Waals surface area contributed by atoms with Gasteiger partial charge in [0.25, 0.3) is 5.95 Å². The largest absolute Gasteiger partial charge is 0.497 e. The van der Waals surface area contributed by atoms with Crippen LogP contribution in [-0.2, 0) is 6.18 Å². The fraction of sp³-hybridized carbons (Fsp3) is 0.239. The smallest absolute Gasteiger partial charge is 0.451 e. The lowest BCUT2D eigenvalue weighted by Gasteiger charge is -2.10. The molecule has 32 nitrogen and oxygen atoms in total. The van der Waals surface area contributed by atoms with Gasteiger partial charge in [0.15, 0.2) is 18.3 Å². The van der Waals surface area contributed by atoms with Crippen molar-refractivity contribution in [1.29, 1.82) is 0 Å². The van der Waals surface area contributed by atoms with Gasteiger partial charge in [-0.1, -0.05) is 48.0 Å². The molecule has 2 fully saturated rings. The predicted octanol–water partition coefficient (Wildman–Crippen LogP) is 18.5. The molecule has 0 atom stereocenters. The Morgan fingerprint density at radius 1 is 0.344 bits per heavy atom. The first-order valence-electron chi connectivity index (χ1n) is 39.7. The standard InChI is InChI=1S/C16H14N2O2.C15H13N3O2.C13H14N2O3.C13H14N2O2.C12H9ClN4O.C12H11F3N2O3.C11H9F3N2O2/c1-19-12-8-9-13-14(10-12)17-15(18-16(13)20-2)11-6-4-3-5-7-11;1-19-11-3-4-12-13(9-11)17-14(18-15(12)20-2)10-5-7-16-8-6-10;1-16-9-5-6-10-11(7-9)14-13(15-12(10)17-2)18-8-3-4-8;1-16-9-5-6-10-11(7-9)14-12(8-3-4-8)15-13(10)17-2;1-18-11-8-4-2-5-9(13)10(8)15-12(16-11)17-7-3-6-14-17;1-18-7-3-4-8-9(5-7)16-11(17-10(8)19-2)20-6-12(13,14)15;1-17-6-3-4-7-8(5-6)15-10(11(12,13)14)16-9(7)18-2/h3-10H,1-2H3;3-9H,1-2H3;5-8H,3-4H2,1-2H3;5-8H,3-4H2,1-2H3;2-7H,1H3;3-5H,6H2,1-2H3;3-5H,1-2H3. The minimum absolute atomic E-state index is 0.116. The topological polar surface area (TPSA) is 350 Å². The number of benzene rings is 8. The van der Waals surface area contributed by atoms with Crippen molar-refractivity contribution in [3.8, 4) is 116 Å². The number of hydrogen-bond donors (Lipinski definition) is 0. The van der Waals surface area contributed by atoms with Crippen molar-refractivity contribution in [2.45, 2.75) is 50.1 Å². The molecule has 0 spiro atoms. The molecule has 131 heavy (non-hydrogen) atoms. The van der Waals surface area contributed by atoms with Crippen molar-refractivity contribution in [2.24, 2.45) is 0 Å². The highest BCUT2D eigenvalue weighted by molar-refractivity contribution is 6.35. The molecule has 0 radical (unpaired) electrons. The molecule has 9 heterocycles. The first-order valence-corrected chi connectivity index (χ1v) is 40.1. The van der Waals surface area contributed by atoms with Crippen LogP contribution in [0.5, 0.6) is 87.7 Å². The molecule has 0 saturated heterocycles. The summed E-state index contributed by atoms with van der Waals surface area (Å²) in [6.45, 7) is -1.47. The lowest BCUT2D eigenvalue weighted by atomic mass is 10.2. The number of fused-ring (bicyclic) bond motifs is 7. The van der Waals surface area contributed by atoms with E-state index in [4.69, 9.17) is 77.9 Å². The summed E-state index contributed by atoms with van der Waals surface area (Å²) in [5.41, 5.74) is 6.21. The van der Waals surface area contributed by atoms with Crippen LogP contribution >= 0.6 is 11.6 Å². The lowest BCUT2D eigenvalue weighted by Crippen LogP contribution is -2.20. The van der Waals surface area contributed by atoms with Crippen LogP contribution in [0, 0.1) is 0 Å². The normalized spacial score (nSPS) is 12.0. The number of pyridine rings is 1. The second-order valence-corrected chi connectivity index (χ2v) is 28.2. The third-order valence-electron chi connectivity index (χ3n) is 19.2. The number of nitrogens with zero attached hydrogens (tertiary/aromatic N) is 17. The van der Waals surface area contributed by atoms with Crippen LogP contribution in [0.4, 0.5) is 26.3 Å². The Hall–Kier alpha value is -15.6. The molecule has 0 aliphatic heterocycles. The molecule has 39 heteroatoms. The van der Waals surface area contributed by atoms with E-state index in [0.717, 1.165) is 102 Å². The third-order valence-corrected chi connectivity index (χ3v) is 19.5. The van der Waals surface area contributed by atoms with Gasteiger partial charge in [0.1, 0.15) is 46.4 Å². The zero-order valence-corrected chi connectivity index (χ0v) is 73.4. The summed E-state index contributed by atoms with van der Waals surface area (Å²) in [7, 11) is 20.1. The van der Waals surface area contributed by atoms with Crippen molar-refractivity contribution in [1.82, 2.24) is 84.5 Å². The summed E-state index contributed by atoms with van der Waals surface area (Å²) in [4.78, 5) is 63.0. The Balaban J connectivity index is 0.000000130. The van der Waals surface area contributed by atoms with Gasteiger partial charge < -0.3 is 71.1 Å². The van der Waals surface area contributed by atoms with E-state index in [1.807, 2.05) is 127 Å². The monoisotopic (exact) mass is 1820 g/mol. The van der Waals surface area contributed by atoms with Crippen molar-refractivity contribution in [2.75, 3.05) is 99.0 Å². The molecule has 9 aromatic heterocycles. The predicted molar refractivity (Wildman–Crippen MR) is 475 cm³/mol. The molecular formula is C92H84ClF6N17O15. The van der Waals surface area contributed by atoms with Gasteiger partial charge in [0, 0.05) is 78.2 Å². The van der Waals surface area contributed by atoms with Gasteiger partial charge in [0.05, 0.1) is 174 Å². The third kappa shape index (κ3) is 23.6. The summed E-state index contributed by atoms with van der Waals surface area (Å²) in [6, 6.07) is 52.8. The quantitative estimate of drug-likeness (QED) is 0.0603. The van der Waals surface area contributed by atoms with Gasteiger partial charge in [-0.05, 0) is 129 Å². The van der Waals surface area contributed by atoms with Crippen LogP contribution in [0.25, 0.3) is 105 Å². The number of aromatic nitrogens is 17. The molecular weight excluding hydrogens is 1730 g/mol. The Bertz CT molecular complexity index is 6680. The highest BCUT2D eigenvalue weighted by Gasteiger charge is 2.36. The van der Waals surface area contributed by atoms with Crippen LogP contribution < -0.4 is 71.1 Å². The van der Waals surface area contributed by atoms with Gasteiger partial charge in [0.2, 0.25) is 47.0 Å². The van der Waals surface area contributed by atoms with Crippen LogP contribution in [0.15, 0.2) is 201 Å². The fourth-order valence-corrected chi connectivity index (χ4v) is 12.7. The molecule has 17 aromatic rings. The van der Waals surface area contributed by atoms with Crippen molar-refractivity contribution >= 4 is 87.9 Å². The minimum atomic E-state index is -4.62. The number of methoxy groups -OCH3 is 13. The molecule has 2 aliphatic carbocycles. The van der Waals surface area contributed by atoms with Crippen LogP contribution in [0.2, 0.25) is 5.02 Å². The van der Waals surface area contributed by atoms with E-state index in [9.17, 15) is 26.3 Å². The number of rotatable bonds is 21. The van der Waals surface area contributed by atoms with Crippen LogP contribution in [-0.4, -0.2) is 196 Å². The van der Waals surface area contributed by atoms with E-state index >= 15 is 0 Å². The van der Waals surface area contributed by atoms with Gasteiger partial charge in [-0.15, -0.1) is 0 Å². The van der Waals surface area contributed by atoms with E-state index in [-0.39, 0.29) is 23.4 Å². The van der Waals surface area contributed by atoms with Crippen LogP contribution in [0.1, 0.15) is 43.3 Å². The number of alkyl halides is 6. The van der Waals surface area contributed by atoms with E-state index < -0.39 is 30.8 Å². The molecule has 0 unspecified atom stereocenters. The second-order valence-electron chi connectivity index (χ2n) is 27.8. The number of hydrogen-bond acceptors (Lipinski definition) is 31. The maximum atomic E-state index is 12.6. The molecule has 2 aliphatic rings. The Labute approximate surface area is 749 Å². The first kappa shape index (κ1) is 93.0. The molecule has 0 bridgehead atoms. The number of ether oxygens (including phenoxy) is 15. The molecule has 2 saturated carbocycles. The van der Waals surface area contributed by atoms with Gasteiger partial charge in [-0.2, -0.15) is 76.3 Å². The van der Waals surface area contributed by atoms with Crippen molar-refractivity contribution in [3.05, 3.63) is 217 Å². The minimum Gasteiger partial charge on any atom is -0.497 e. The SMILES string of the molecule is COc1ccc2c(OC)nc(-c3ccccc3)nc2c1.COc1ccc2c(OC)nc(-c3ccncc3)nc2c1.COc1ccc2c(OC)nc(C(F)(F)F)nc2c1.COc1ccc2c(OC)nc(C3CC3)nc2c1.COc1ccc2c(OC)nc(OC3CC3)nc2c1.COc1ccc2c(OC)nc(OCC(F)(F)F)nc2c1.COc1nc(-n2cccn2)nc2c(Cl)cccc12. The highest BCUT2D eigenvalue weighted by atomic mass is 35.5. The number of para-hydroxylation sites is 1.